The second-order valence-corrected chi connectivity index (χ2v) is 10.1. The molecule has 0 unspecified atom stereocenters. The molecule has 29 heavy (non-hydrogen) atoms. The fraction of sp³-hybridized carbons (Fsp3) is 0.524. The number of hydrogen-bond donors (Lipinski definition) is 1. The largest absolute Gasteiger partial charge is 0.311 e. The summed E-state index contributed by atoms with van der Waals surface area (Å²) in [4.78, 5) is 13.0. The zero-order valence-corrected chi connectivity index (χ0v) is 18.3. The third-order valence-corrected chi connectivity index (χ3v) is 7.33. The van der Waals surface area contributed by atoms with Crippen LogP contribution in [-0.2, 0) is 14.8 Å². The van der Waals surface area contributed by atoms with E-state index >= 15 is 0 Å². The van der Waals surface area contributed by atoms with E-state index in [0.717, 1.165) is 5.56 Å². The maximum atomic E-state index is 12.9. The second-order valence-electron chi connectivity index (χ2n) is 8.15. The molecule has 1 aliphatic rings. The van der Waals surface area contributed by atoms with Gasteiger partial charge < -0.3 is 5.32 Å². The lowest BCUT2D eigenvalue weighted by molar-refractivity contribution is -0.121. The van der Waals surface area contributed by atoms with Crippen LogP contribution in [0.15, 0.2) is 41.4 Å². The molecule has 1 amide bonds. The average Bonchev–Trinajstić information content (AvgIpc) is 3.16. The Morgan fingerprint density at radius 3 is 2.24 bits per heavy atom. The van der Waals surface area contributed by atoms with Gasteiger partial charge in [-0.25, -0.2) is 13.1 Å². The van der Waals surface area contributed by atoms with Crippen LogP contribution in [0, 0.1) is 5.92 Å². The monoisotopic (exact) mass is 418 g/mol. The molecule has 1 aromatic heterocycles. The van der Waals surface area contributed by atoms with E-state index in [1.807, 2.05) is 26.0 Å². The number of rotatable bonds is 6. The van der Waals surface area contributed by atoms with Crippen molar-refractivity contribution in [1.82, 2.24) is 14.1 Å². The molecule has 3 rings (SSSR count). The third-order valence-electron chi connectivity index (χ3n) is 5.42. The van der Waals surface area contributed by atoms with Gasteiger partial charge in [-0.05, 0) is 50.3 Å². The Hall–Kier alpha value is -2.19. The van der Waals surface area contributed by atoms with E-state index in [9.17, 15) is 13.2 Å². The van der Waals surface area contributed by atoms with E-state index in [-0.39, 0.29) is 17.9 Å². The van der Waals surface area contributed by atoms with Gasteiger partial charge >= 0.3 is 0 Å². The van der Waals surface area contributed by atoms with Gasteiger partial charge in [0.1, 0.15) is 5.82 Å². The van der Waals surface area contributed by atoms with Crippen molar-refractivity contribution in [3.05, 3.63) is 42.1 Å². The van der Waals surface area contributed by atoms with E-state index < -0.39 is 10.0 Å². The molecule has 7 nitrogen and oxygen atoms in total. The molecule has 0 spiro atoms. The summed E-state index contributed by atoms with van der Waals surface area (Å²) in [5.41, 5.74) is 1.11. The molecular weight excluding hydrogens is 388 g/mol. The van der Waals surface area contributed by atoms with Gasteiger partial charge in [-0.2, -0.15) is 9.40 Å². The molecule has 1 fully saturated rings. The highest BCUT2D eigenvalue weighted by Gasteiger charge is 2.32. The topological polar surface area (TPSA) is 84.3 Å². The quantitative estimate of drug-likeness (QED) is 0.776. The second kappa shape index (κ2) is 8.67. The van der Waals surface area contributed by atoms with E-state index in [4.69, 9.17) is 0 Å². The van der Waals surface area contributed by atoms with Crippen molar-refractivity contribution in [2.75, 3.05) is 18.4 Å². The highest BCUT2D eigenvalue weighted by Crippen LogP contribution is 2.26. The minimum Gasteiger partial charge on any atom is -0.311 e. The highest BCUT2D eigenvalue weighted by molar-refractivity contribution is 7.89. The van der Waals surface area contributed by atoms with Gasteiger partial charge in [0.25, 0.3) is 0 Å². The summed E-state index contributed by atoms with van der Waals surface area (Å²) >= 11 is 0. The van der Waals surface area contributed by atoms with Crippen LogP contribution in [0.4, 0.5) is 5.82 Å². The number of nitrogens with zero attached hydrogens (tertiary/aromatic N) is 3. The van der Waals surface area contributed by atoms with E-state index in [2.05, 4.69) is 24.3 Å². The minimum absolute atomic E-state index is 0.0780. The van der Waals surface area contributed by atoms with Crippen LogP contribution >= 0.6 is 0 Å². The van der Waals surface area contributed by atoms with Crippen LogP contribution in [0.3, 0.4) is 0 Å². The molecule has 0 radical (unpaired) electrons. The first-order chi connectivity index (χ1) is 13.7. The number of sulfonamides is 1. The maximum absolute atomic E-state index is 12.9. The van der Waals surface area contributed by atoms with Crippen molar-refractivity contribution in [2.45, 2.75) is 57.4 Å². The van der Waals surface area contributed by atoms with Gasteiger partial charge in [0.2, 0.25) is 15.9 Å². The summed E-state index contributed by atoms with van der Waals surface area (Å²) in [5, 5.41) is 7.16. The molecule has 0 bridgehead atoms. The number of carbonyl (C=O) groups is 1. The molecule has 1 aliphatic heterocycles. The molecule has 158 valence electrons. The molecule has 0 atom stereocenters. The van der Waals surface area contributed by atoms with E-state index in [1.54, 1.807) is 29.1 Å². The van der Waals surface area contributed by atoms with Gasteiger partial charge in [-0.1, -0.05) is 26.0 Å². The number of aromatic nitrogens is 2. The Morgan fingerprint density at radius 1 is 1.07 bits per heavy atom. The first kappa shape index (κ1) is 21.5. The Labute approximate surface area is 173 Å². The number of carbonyl (C=O) groups excluding carboxylic acids is 1. The van der Waals surface area contributed by atoms with E-state index in [1.165, 1.54) is 4.31 Å². The van der Waals surface area contributed by atoms with Gasteiger partial charge in [-0.15, -0.1) is 0 Å². The fourth-order valence-corrected chi connectivity index (χ4v) is 5.05. The zero-order chi connectivity index (χ0) is 21.2. The molecule has 8 heteroatoms. The molecular formula is C21H30N4O3S. The van der Waals surface area contributed by atoms with Crippen molar-refractivity contribution in [2.24, 2.45) is 5.92 Å². The number of nitrogens with one attached hydrogen (secondary N) is 1. The van der Waals surface area contributed by atoms with Crippen molar-refractivity contribution in [3.8, 4) is 0 Å². The Kier molecular flexibility index (Phi) is 6.43. The lowest BCUT2D eigenvalue weighted by Crippen LogP contribution is -2.41. The van der Waals surface area contributed by atoms with Crippen LogP contribution in [0.1, 0.15) is 58.1 Å². The van der Waals surface area contributed by atoms with Crippen LogP contribution in [0.5, 0.6) is 0 Å². The summed E-state index contributed by atoms with van der Waals surface area (Å²) < 4.78 is 29.1. The zero-order valence-electron chi connectivity index (χ0n) is 17.5. The minimum atomic E-state index is -3.53. The Bertz CT molecular complexity index is 941. The summed E-state index contributed by atoms with van der Waals surface area (Å²) in [5.74, 6) is 0.740. The predicted molar refractivity (Wildman–Crippen MR) is 113 cm³/mol. The number of amides is 1. The SMILES string of the molecule is CC(C)c1ccc(S(=O)(=O)N2CCC(C(=O)Nc3ccnn3C(C)C)CC2)cc1. The van der Waals surface area contributed by atoms with Crippen molar-refractivity contribution < 1.29 is 13.2 Å². The van der Waals surface area contributed by atoms with E-state index in [0.29, 0.717) is 42.6 Å². The van der Waals surface area contributed by atoms with Crippen molar-refractivity contribution in [3.63, 3.8) is 0 Å². The number of anilines is 1. The lowest BCUT2D eigenvalue weighted by atomic mass is 9.97. The summed E-state index contributed by atoms with van der Waals surface area (Å²) in [6.45, 7) is 8.84. The average molecular weight is 419 g/mol. The van der Waals surface area contributed by atoms with Crippen LogP contribution < -0.4 is 5.32 Å². The summed E-state index contributed by atoms with van der Waals surface area (Å²) in [6.07, 6.45) is 2.67. The molecule has 0 aliphatic carbocycles. The van der Waals surface area contributed by atoms with Crippen molar-refractivity contribution >= 4 is 21.7 Å². The number of piperidine rings is 1. The van der Waals surface area contributed by atoms with Crippen LogP contribution in [-0.4, -0.2) is 41.5 Å². The number of hydrogen-bond acceptors (Lipinski definition) is 4. The lowest BCUT2D eigenvalue weighted by Gasteiger charge is -2.30. The maximum Gasteiger partial charge on any atom is 0.243 e. The summed E-state index contributed by atoms with van der Waals surface area (Å²) in [7, 11) is -3.53. The Balaban J connectivity index is 1.62. The molecule has 1 N–H and O–H groups in total. The first-order valence-electron chi connectivity index (χ1n) is 10.1. The van der Waals surface area contributed by atoms with Gasteiger partial charge in [0.05, 0.1) is 11.1 Å². The highest BCUT2D eigenvalue weighted by atomic mass is 32.2. The molecule has 2 heterocycles. The molecule has 1 saturated heterocycles. The first-order valence-corrected chi connectivity index (χ1v) is 11.6. The normalized spacial score (nSPS) is 16.5. The molecule has 0 saturated carbocycles. The third kappa shape index (κ3) is 4.70. The van der Waals surface area contributed by atoms with Gasteiger partial charge in [0.15, 0.2) is 0 Å². The predicted octanol–water partition coefficient (Wildman–Crippen LogP) is 3.63. The smallest absolute Gasteiger partial charge is 0.243 e. The van der Waals surface area contributed by atoms with Crippen molar-refractivity contribution in [1.29, 1.82) is 0 Å². The Morgan fingerprint density at radius 2 is 1.69 bits per heavy atom. The fourth-order valence-electron chi connectivity index (χ4n) is 3.59. The molecule has 1 aromatic carbocycles. The molecule has 2 aromatic rings. The van der Waals surface area contributed by atoms with Crippen LogP contribution in [0.25, 0.3) is 0 Å². The van der Waals surface area contributed by atoms with Gasteiger partial charge in [-0.3, -0.25) is 4.79 Å². The number of benzene rings is 1. The van der Waals surface area contributed by atoms with Crippen LogP contribution in [0.2, 0.25) is 0 Å². The standard InChI is InChI=1S/C21H30N4O3S/c1-15(2)17-5-7-19(8-6-17)29(27,28)24-13-10-18(11-14-24)21(26)23-20-9-12-22-25(20)16(3)4/h5-9,12,15-16,18H,10-11,13-14H2,1-4H3,(H,23,26). The van der Waals surface area contributed by atoms with Gasteiger partial charge in [0, 0.05) is 31.1 Å². The summed E-state index contributed by atoms with van der Waals surface area (Å²) in [6, 6.07) is 9.02.